The summed E-state index contributed by atoms with van der Waals surface area (Å²) >= 11 is 0. The molecule has 0 atom stereocenters. The zero-order valence-corrected chi connectivity index (χ0v) is 12.0. The van der Waals surface area contributed by atoms with Gasteiger partial charge in [-0.1, -0.05) is 26.0 Å². The molecule has 4 heteroatoms. The zero-order valence-electron chi connectivity index (χ0n) is 12.0. The zero-order chi connectivity index (χ0) is 14.7. The highest BCUT2D eigenvalue weighted by molar-refractivity contribution is 5.95. The molecule has 1 aromatic carbocycles. The SMILES string of the molecule is Cc1ccc(C(C)C)c(Oc2cc(C(=N)N)ccn2)c1. The smallest absolute Gasteiger partial charge is 0.219 e. The first kappa shape index (κ1) is 14.1. The molecule has 0 aliphatic rings. The second kappa shape index (κ2) is 5.74. The van der Waals surface area contributed by atoms with Crippen LogP contribution in [0.25, 0.3) is 0 Å². The van der Waals surface area contributed by atoms with Crippen LogP contribution in [0.3, 0.4) is 0 Å². The summed E-state index contributed by atoms with van der Waals surface area (Å²) in [5.74, 6) is 1.62. The van der Waals surface area contributed by atoms with Crippen LogP contribution >= 0.6 is 0 Å². The molecule has 2 rings (SSSR count). The molecule has 4 nitrogen and oxygen atoms in total. The molecule has 0 aliphatic heterocycles. The summed E-state index contributed by atoms with van der Waals surface area (Å²) in [7, 11) is 0. The largest absolute Gasteiger partial charge is 0.439 e. The lowest BCUT2D eigenvalue weighted by atomic mass is 10.0. The molecule has 0 bridgehead atoms. The van der Waals surface area contributed by atoms with Gasteiger partial charge in [-0.05, 0) is 36.1 Å². The van der Waals surface area contributed by atoms with Crippen LogP contribution in [0, 0.1) is 12.3 Å². The van der Waals surface area contributed by atoms with Crippen molar-refractivity contribution in [1.29, 1.82) is 5.41 Å². The van der Waals surface area contributed by atoms with Crippen molar-refractivity contribution >= 4 is 5.84 Å². The first-order valence-corrected chi connectivity index (χ1v) is 6.56. The molecule has 0 saturated heterocycles. The fraction of sp³-hybridized carbons (Fsp3) is 0.250. The summed E-state index contributed by atoms with van der Waals surface area (Å²) in [5.41, 5.74) is 8.35. The third kappa shape index (κ3) is 3.15. The van der Waals surface area contributed by atoms with Crippen molar-refractivity contribution in [2.45, 2.75) is 26.7 Å². The summed E-state index contributed by atoms with van der Waals surface area (Å²) < 4.78 is 5.88. The minimum atomic E-state index is 0.00516. The number of benzene rings is 1. The molecule has 0 unspecified atom stereocenters. The van der Waals surface area contributed by atoms with Crippen molar-refractivity contribution in [3.8, 4) is 11.6 Å². The van der Waals surface area contributed by atoms with Gasteiger partial charge < -0.3 is 10.5 Å². The molecule has 0 fully saturated rings. The van der Waals surface area contributed by atoms with Crippen LogP contribution in [-0.2, 0) is 0 Å². The Kier molecular flexibility index (Phi) is 4.03. The van der Waals surface area contributed by atoms with Gasteiger partial charge in [0.05, 0.1) is 0 Å². The number of nitrogen functional groups attached to an aromatic ring is 1. The molecular weight excluding hydrogens is 250 g/mol. The van der Waals surface area contributed by atoms with Crippen molar-refractivity contribution in [2.24, 2.45) is 5.73 Å². The van der Waals surface area contributed by atoms with E-state index in [1.165, 1.54) is 0 Å². The minimum Gasteiger partial charge on any atom is -0.439 e. The van der Waals surface area contributed by atoms with Crippen molar-refractivity contribution in [3.63, 3.8) is 0 Å². The summed E-state index contributed by atoms with van der Waals surface area (Å²) in [6, 6.07) is 9.51. The van der Waals surface area contributed by atoms with Gasteiger partial charge in [0.1, 0.15) is 11.6 Å². The maximum atomic E-state index is 7.45. The van der Waals surface area contributed by atoms with Gasteiger partial charge in [-0.25, -0.2) is 4.98 Å². The van der Waals surface area contributed by atoms with E-state index < -0.39 is 0 Å². The quantitative estimate of drug-likeness (QED) is 0.658. The number of amidine groups is 1. The topological polar surface area (TPSA) is 72.0 Å². The Morgan fingerprint density at radius 2 is 2.00 bits per heavy atom. The fourth-order valence-electron chi connectivity index (χ4n) is 1.95. The number of hydrogen-bond acceptors (Lipinski definition) is 3. The van der Waals surface area contributed by atoms with Gasteiger partial charge in [0, 0.05) is 17.8 Å². The molecule has 0 saturated carbocycles. The van der Waals surface area contributed by atoms with E-state index in [0.717, 1.165) is 16.9 Å². The third-order valence-electron chi connectivity index (χ3n) is 3.05. The van der Waals surface area contributed by atoms with Crippen LogP contribution in [-0.4, -0.2) is 10.8 Å². The van der Waals surface area contributed by atoms with Crippen molar-refractivity contribution in [1.82, 2.24) is 4.98 Å². The molecule has 2 aromatic rings. The highest BCUT2D eigenvalue weighted by atomic mass is 16.5. The van der Waals surface area contributed by atoms with Crippen LogP contribution in [0.5, 0.6) is 11.6 Å². The van der Waals surface area contributed by atoms with Gasteiger partial charge in [0.15, 0.2) is 0 Å². The second-order valence-corrected chi connectivity index (χ2v) is 5.09. The molecule has 0 amide bonds. The molecule has 20 heavy (non-hydrogen) atoms. The van der Waals surface area contributed by atoms with Crippen molar-refractivity contribution < 1.29 is 4.74 Å². The maximum absolute atomic E-state index is 7.45. The predicted octanol–water partition coefficient (Wildman–Crippen LogP) is 3.59. The second-order valence-electron chi connectivity index (χ2n) is 5.09. The van der Waals surface area contributed by atoms with E-state index in [0.29, 0.717) is 17.4 Å². The van der Waals surface area contributed by atoms with Gasteiger partial charge in [-0.2, -0.15) is 0 Å². The Bertz CT molecular complexity index is 635. The van der Waals surface area contributed by atoms with Gasteiger partial charge in [-0.15, -0.1) is 0 Å². The summed E-state index contributed by atoms with van der Waals surface area (Å²) in [6.45, 7) is 6.27. The Labute approximate surface area is 119 Å². The number of ether oxygens (including phenoxy) is 1. The Balaban J connectivity index is 2.36. The Morgan fingerprint density at radius 1 is 1.25 bits per heavy atom. The lowest BCUT2D eigenvalue weighted by Gasteiger charge is -2.14. The number of nitrogens with zero attached hydrogens (tertiary/aromatic N) is 1. The van der Waals surface area contributed by atoms with E-state index in [2.05, 4.69) is 31.0 Å². The van der Waals surface area contributed by atoms with Crippen molar-refractivity contribution in [2.75, 3.05) is 0 Å². The van der Waals surface area contributed by atoms with E-state index in [-0.39, 0.29) is 5.84 Å². The number of pyridine rings is 1. The highest BCUT2D eigenvalue weighted by Gasteiger charge is 2.10. The van der Waals surface area contributed by atoms with E-state index in [9.17, 15) is 0 Å². The van der Waals surface area contributed by atoms with E-state index in [1.54, 1.807) is 18.3 Å². The van der Waals surface area contributed by atoms with Crippen LogP contribution in [0.4, 0.5) is 0 Å². The van der Waals surface area contributed by atoms with Crippen LogP contribution in [0.2, 0.25) is 0 Å². The molecule has 1 heterocycles. The number of nitrogens with one attached hydrogen (secondary N) is 1. The van der Waals surface area contributed by atoms with Gasteiger partial charge in [-0.3, -0.25) is 5.41 Å². The Hall–Kier alpha value is -2.36. The minimum absolute atomic E-state index is 0.00516. The average molecular weight is 269 g/mol. The highest BCUT2D eigenvalue weighted by Crippen LogP contribution is 2.30. The number of aryl methyl sites for hydroxylation is 1. The molecule has 3 N–H and O–H groups in total. The van der Waals surface area contributed by atoms with Crippen molar-refractivity contribution in [3.05, 3.63) is 53.2 Å². The molecule has 0 radical (unpaired) electrons. The lowest BCUT2D eigenvalue weighted by molar-refractivity contribution is 0.454. The van der Waals surface area contributed by atoms with E-state index in [4.69, 9.17) is 15.9 Å². The Morgan fingerprint density at radius 3 is 2.65 bits per heavy atom. The molecular formula is C16H19N3O. The van der Waals surface area contributed by atoms with Crippen LogP contribution < -0.4 is 10.5 Å². The molecule has 0 spiro atoms. The fourth-order valence-corrected chi connectivity index (χ4v) is 1.95. The normalized spacial score (nSPS) is 10.6. The number of nitrogens with two attached hydrogens (primary N) is 1. The maximum Gasteiger partial charge on any atom is 0.219 e. The van der Waals surface area contributed by atoms with E-state index >= 15 is 0 Å². The first-order valence-electron chi connectivity index (χ1n) is 6.56. The summed E-state index contributed by atoms with van der Waals surface area (Å²) in [5, 5.41) is 7.45. The predicted molar refractivity (Wildman–Crippen MR) is 80.6 cm³/mol. The first-order chi connectivity index (χ1) is 9.47. The van der Waals surface area contributed by atoms with E-state index in [1.807, 2.05) is 13.0 Å². The molecule has 0 aliphatic carbocycles. The number of rotatable bonds is 4. The van der Waals surface area contributed by atoms with Gasteiger partial charge >= 0.3 is 0 Å². The van der Waals surface area contributed by atoms with Crippen LogP contribution in [0.15, 0.2) is 36.5 Å². The summed E-state index contributed by atoms with van der Waals surface area (Å²) in [4.78, 5) is 4.17. The monoisotopic (exact) mass is 269 g/mol. The standard InChI is InChI=1S/C16H19N3O/c1-10(2)13-5-4-11(3)8-14(13)20-15-9-12(16(17)18)6-7-19-15/h4-10H,1-3H3,(H3,17,18). The van der Waals surface area contributed by atoms with Gasteiger partial charge in [0.2, 0.25) is 5.88 Å². The average Bonchev–Trinajstić information content (AvgIpc) is 2.38. The molecule has 1 aromatic heterocycles. The number of hydrogen-bond donors (Lipinski definition) is 2. The summed E-state index contributed by atoms with van der Waals surface area (Å²) in [6.07, 6.45) is 1.59. The lowest BCUT2D eigenvalue weighted by Crippen LogP contribution is -2.11. The third-order valence-corrected chi connectivity index (χ3v) is 3.05. The van der Waals surface area contributed by atoms with Gasteiger partial charge in [0.25, 0.3) is 0 Å². The van der Waals surface area contributed by atoms with Crippen LogP contribution in [0.1, 0.15) is 36.5 Å². The molecule has 104 valence electrons. The number of aromatic nitrogens is 1.